The van der Waals surface area contributed by atoms with E-state index >= 15 is 0 Å². The molecule has 19 heavy (non-hydrogen) atoms. The summed E-state index contributed by atoms with van der Waals surface area (Å²) >= 11 is 0. The van der Waals surface area contributed by atoms with Gasteiger partial charge >= 0.3 is 0 Å². The molecule has 0 amide bonds. The van der Waals surface area contributed by atoms with Gasteiger partial charge in [0.2, 0.25) is 0 Å². The second kappa shape index (κ2) is 7.05. The predicted octanol–water partition coefficient (Wildman–Crippen LogP) is 3.26. The number of hydrogen-bond donors (Lipinski definition) is 1. The van der Waals surface area contributed by atoms with Crippen LogP contribution in [-0.2, 0) is 9.47 Å². The van der Waals surface area contributed by atoms with E-state index in [2.05, 4.69) is 13.8 Å². The van der Waals surface area contributed by atoms with Crippen molar-refractivity contribution in [2.24, 2.45) is 11.7 Å². The maximum Gasteiger partial charge on any atom is 0.0725 e. The van der Waals surface area contributed by atoms with Gasteiger partial charge in [0.15, 0.2) is 0 Å². The first-order valence-corrected chi connectivity index (χ1v) is 8.22. The van der Waals surface area contributed by atoms with Crippen molar-refractivity contribution < 1.29 is 9.47 Å². The summed E-state index contributed by atoms with van der Waals surface area (Å²) in [5.74, 6) is 0.573. The maximum absolute atomic E-state index is 6.50. The quantitative estimate of drug-likeness (QED) is 0.833. The summed E-state index contributed by atoms with van der Waals surface area (Å²) in [4.78, 5) is 0. The highest BCUT2D eigenvalue weighted by molar-refractivity contribution is 4.94. The molecule has 3 atom stereocenters. The molecule has 2 fully saturated rings. The van der Waals surface area contributed by atoms with E-state index in [0.717, 1.165) is 32.5 Å². The number of nitrogens with two attached hydrogens (primary N) is 1. The first-order valence-electron chi connectivity index (χ1n) is 8.22. The molecule has 1 saturated heterocycles. The second-order valence-corrected chi connectivity index (χ2v) is 6.32. The summed E-state index contributed by atoms with van der Waals surface area (Å²) in [6, 6.07) is 0.174. The molecule has 1 aliphatic heterocycles. The standard InChI is InChI=1S/C16H31NO2/c1-3-14(18-4-2)15(17)13-8-11-19-16(12-13)9-6-5-7-10-16/h13-15H,3-12,17H2,1-2H3. The number of ether oxygens (including phenoxy) is 2. The van der Waals surface area contributed by atoms with Crippen LogP contribution in [0.25, 0.3) is 0 Å². The van der Waals surface area contributed by atoms with Crippen LogP contribution in [0.3, 0.4) is 0 Å². The van der Waals surface area contributed by atoms with Crippen LogP contribution >= 0.6 is 0 Å². The fourth-order valence-corrected chi connectivity index (χ4v) is 3.96. The third-order valence-electron chi connectivity index (χ3n) is 5.05. The molecule has 2 aliphatic rings. The summed E-state index contributed by atoms with van der Waals surface area (Å²) < 4.78 is 12.0. The molecular formula is C16H31NO2. The first-order chi connectivity index (χ1) is 9.21. The third-order valence-corrected chi connectivity index (χ3v) is 5.05. The van der Waals surface area contributed by atoms with Crippen molar-refractivity contribution in [1.29, 1.82) is 0 Å². The molecule has 0 bridgehead atoms. The lowest BCUT2D eigenvalue weighted by Crippen LogP contribution is -2.50. The molecule has 1 heterocycles. The Labute approximate surface area is 118 Å². The Balaban J connectivity index is 1.95. The SMILES string of the molecule is CCOC(CC)C(N)C1CCOC2(CCCCC2)C1. The van der Waals surface area contributed by atoms with E-state index in [1.165, 1.54) is 32.1 Å². The van der Waals surface area contributed by atoms with Gasteiger partial charge in [-0.3, -0.25) is 0 Å². The molecule has 2 N–H and O–H groups in total. The lowest BCUT2D eigenvalue weighted by molar-refractivity contribution is -0.127. The molecule has 1 aliphatic carbocycles. The van der Waals surface area contributed by atoms with Gasteiger partial charge in [-0.2, -0.15) is 0 Å². The van der Waals surface area contributed by atoms with Gasteiger partial charge in [0.1, 0.15) is 0 Å². The highest BCUT2D eigenvalue weighted by atomic mass is 16.5. The lowest BCUT2D eigenvalue weighted by atomic mass is 9.73. The largest absolute Gasteiger partial charge is 0.377 e. The minimum Gasteiger partial charge on any atom is -0.377 e. The second-order valence-electron chi connectivity index (χ2n) is 6.32. The molecule has 1 saturated carbocycles. The molecule has 0 aromatic carbocycles. The third kappa shape index (κ3) is 3.71. The van der Waals surface area contributed by atoms with Crippen LogP contribution < -0.4 is 5.73 Å². The summed E-state index contributed by atoms with van der Waals surface area (Å²) in [6.07, 6.45) is 9.98. The zero-order valence-electron chi connectivity index (χ0n) is 12.7. The molecule has 2 rings (SSSR count). The van der Waals surface area contributed by atoms with Gasteiger partial charge in [0, 0.05) is 19.3 Å². The molecule has 3 unspecified atom stereocenters. The van der Waals surface area contributed by atoms with E-state index in [1.807, 2.05) is 0 Å². The average molecular weight is 269 g/mol. The Hall–Kier alpha value is -0.120. The van der Waals surface area contributed by atoms with E-state index in [1.54, 1.807) is 0 Å². The van der Waals surface area contributed by atoms with E-state index in [9.17, 15) is 0 Å². The van der Waals surface area contributed by atoms with Crippen molar-refractivity contribution >= 4 is 0 Å². The van der Waals surface area contributed by atoms with Crippen LogP contribution in [-0.4, -0.2) is 31.0 Å². The normalized spacial score (nSPS) is 30.2. The van der Waals surface area contributed by atoms with Gasteiger partial charge in [-0.05, 0) is 44.9 Å². The van der Waals surface area contributed by atoms with Gasteiger partial charge < -0.3 is 15.2 Å². The van der Waals surface area contributed by atoms with E-state index < -0.39 is 0 Å². The number of hydrogen-bond acceptors (Lipinski definition) is 3. The van der Waals surface area contributed by atoms with Crippen molar-refractivity contribution in [3.05, 3.63) is 0 Å². The van der Waals surface area contributed by atoms with Crippen molar-refractivity contribution in [2.75, 3.05) is 13.2 Å². The van der Waals surface area contributed by atoms with E-state index in [0.29, 0.717) is 5.92 Å². The molecule has 0 aromatic rings. The first kappa shape index (κ1) is 15.3. The van der Waals surface area contributed by atoms with Gasteiger partial charge in [0.05, 0.1) is 11.7 Å². The summed E-state index contributed by atoms with van der Waals surface area (Å²) in [7, 11) is 0. The molecule has 1 spiro atoms. The molecule has 112 valence electrons. The van der Waals surface area contributed by atoms with Crippen molar-refractivity contribution in [3.63, 3.8) is 0 Å². The lowest BCUT2D eigenvalue weighted by Gasteiger charge is -2.46. The average Bonchev–Trinajstić information content (AvgIpc) is 2.45. The highest BCUT2D eigenvalue weighted by Gasteiger charge is 2.41. The van der Waals surface area contributed by atoms with Crippen LogP contribution in [0, 0.1) is 5.92 Å². The minimum atomic E-state index is 0.156. The smallest absolute Gasteiger partial charge is 0.0725 e. The fraction of sp³-hybridized carbons (Fsp3) is 1.00. The van der Waals surface area contributed by atoms with E-state index in [-0.39, 0.29) is 17.7 Å². The molecule has 3 heteroatoms. The van der Waals surface area contributed by atoms with Crippen molar-refractivity contribution in [1.82, 2.24) is 0 Å². The Morgan fingerprint density at radius 3 is 2.63 bits per heavy atom. The Morgan fingerprint density at radius 1 is 1.26 bits per heavy atom. The molecular weight excluding hydrogens is 238 g/mol. The summed E-state index contributed by atoms with van der Waals surface area (Å²) in [5.41, 5.74) is 6.65. The van der Waals surface area contributed by atoms with Crippen LogP contribution in [0.5, 0.6) is 0 Å². The van der Waals surface area contributed by atoms with E-state index in [4.69, 9.17) is 15.2 Å². The van der Waals surface area contributed by atoms with Crippen molar-refractivity contribution in [2.45, 2.75) is 83.0 Å². The monoisotopic (exact) mass is 269 g/mol. The molecule has 3 nitrogen and oxygen atoms in total. The highest BCUT2D eigenvalue weighted by Crippen LogP contribution is 2.41. The summed E-state index contributed by atoms with van der Waals surface area (Å²) in [6.45, 7) is 5.89. The predicted molar refractivity (Wildman–Crippen MR) is 78.2 cm³/mol. The Kier molecular flexibility index (Phi) is 5.67. The van der Waals surface area contributed by atoms with Gasteiger partial charge in [-0.25, -0.2) is 0 Å². The van der Waals surface area contributed by atoms with Gasteiger partial charge in [-0.15, -0.1) is 0 Å². The number of rotatable bonds is 5. The van der Waals surface area contributed by atoms with Gasteiger partial charge in [-0.1, -0.05) is 26.2 Å². The summed E-state index contributed by atoms with van der Waals surface area (Å²) in [5, 5.41) is 0. The van der Waals surface area contributed by atoms with Crippen LogP contribution in [0.15, 0.2) is 0 Å². The van der Waals surface area contributed by atoms with Crippen molar-refractivity contribution in [3.8, 4) is 0 Å². The Morgan fingerprint density at radius 2 is 2.00 bits per heavy atom. The Bertz CT molecular complexity index is 258. The zero-order chi connectivity index (χ0) is 13.7. The van der Waals surface area contributed by atoms with Gasteiger partial charge in [0.25, 0.3) is 0 Å². The molecule has 0 aromatic heterocycles. The topological polar surface area (TPSA) is 44.5 Å². The van der Waals surface area contributed by atoms with Crippen LogP contribution in [0.2, 0.25) is 0 Å². The fourth-order valence-electron chi connectivity index (χ4n) is 3.96. The van der Waals surface area contributed by atoms with Crippen LogP contribution in [0.4, 0.5) is 0 Å². The van der Waals surface area contributed by atoms with Crippen LogP contribution in [0.1, 0.15) is 65.2 Å². The zero-order valence-corrected chi connectivity index (χ0v) is 12.7. The molecule has 0 radical (unpaired) electrons. The maximum atomic E-state index is 6.50. The minimum absolute atomic E-state index is 0.156.